The maximum absolute atomic E-state index is 5.73. The standard InChI is InChI=1S/C10H21O/c1-5-8-10(7-3)11-9(4)6-2/h9-10H,3,5-8H2,1-2,4H3. The molecular weight excluding hydrogens is 136 g/mol. The summed E-state index contributed by atoms with van der Waals surface area (Å²) in [6.07, 6.45) is 5.12. The molecule has 1 radical (unpaired) electrons. The van der Waals surface area contributed by atoms with Crippen molar-refractivity contribution in [1.29, 1.82) is 0 Å². The van der Waals surface area contributed by atoms with Gasteiger partial charge in [-0.1, -0.05) is 27.2 Å². The fourth-order valence-electron chi connectivity index (χ4n) is 1.03. The van der Waals surface area contributed by atoms with Crippen LogP contribution in [0.1, 0.15) is 46.5 Å². The lowest BCUT2D eigenvalue weighted by Crippen LogP contribution is -2.18. The summed E-state index contributed by atoms with van der Waals surface area (Å²) in [6, 6.07) is 0. The molecular formula is C10H21O. The van der Waals surface area contributed by atoms with Crippen molar-refractivity contribution >= 4 is 0 Å². The average Bonchev–Trinajstić information content (AvgIpc) is 2.03. The van der Waals surface area contributed by atoms with Crippen LogP contribution in [0.3, 0.4) is 0 Å². The lowest BCUT2D eigenvalue weighted by atomic mass is 10.1. The molecule has 0 aromatic heterocycles. The van der Waals surface area contributed by atoms with E-state index in [4.69, 9.17) is 4.74 Å². The lowest BCUT2D eigenvalue weighted by Gasteiger charge is -2.19. The van der Waals surface area contributed by atoms with E-state index in [-0.39, 0.29) is 0 Å². The maximum atomic E-state index is 5.73. The summed E-state index contributed by atoms with van der Waals surface area (Å²) >= 11 is 0. The number of ether oxygens (including phenoxy) is 1. The average molecular weight is 157 g/mol. The Balaban J connectivity index is 3.49. The second-order valence-electron chi connectivity index (χ2n) is 3.05. The zero-order valence-corrected chi connectivity index (χ0v) is 8.10. The summed E-state index contributed by atoms with van der Waals surface area (Å²) in [4.78, 5) is 0. The van der Waals surface area contributed by atoms with Crippen molar-refractivity contribution in [2.24, 2.45) is 0 Å². The highest BCUT2D eigenvalue weighted by atomic mass is 16.5. The molecule has 1 nitrogen and oxygen atoms in total. The van der Waals surface area contributed by atoms with Crippen LogP contribution in [-0.2, 0) is 4.74 Å². The molecule has 67 valence electrons. The Morgan fingerprint density at radius 1 is 1.36 bits per heavy atom. The minimum Gasteiger partial charge on any atom is -0.375 e. The molecule has 0 aromatic rings. The van der Waals surface area contributed by atoms with Gasteiger partial charge in [0.15, 0.2) is 0 Å². The van der Waals surface area contributed by atoms with Crippen molar-refractivity contribution in [3.63, 3.8) is 0 Å². The summed E-state index contributed by atoms with van der Waals surface area (Å²) in [5.41, 5.74) is 0. The molecule has 0 bridgehead atoms. The van der Waals surface area contributed by atoms with Gasteiger partial charge in [0.2, 0.25) is 0 Å². The van der Waals surface area contributed by atoms with Gasteiger partial charge >= 0.3 is 0 Å². The summed E-state index contributed by atoms with van der Waals surface area (Å²) in [7, 11) is 0. The largest absolute Gasteiger partial charge is 0.375 e. The van der Waals surface area contributed by atoms with Crippen LogP contribution < -0.4 is 0 Å². The predicted molar refractivity (Wildman–Crippen MR) is 49.5 cm³/mol. The predicted octanol–water partition coefficient (Wildman–Crippen LogP) is 3.19. The highest BCUT2D eigenvalue weighted by Gasteiger charge is 2.08. The Labute approximate surface area is 71.1 Å². The van der Waals surface area contributed by atoms with Gasteiger partial charge in [0, 0.05) is 0 Å². The van der Waals surface area contributed by atoms with Crippen LogP contribution in [-0.4, -0.2) is 12.2 Å². The summed E-state index contributed by atoms with van der Waals surface area (Å²) in [5.74, 6) is 0. The van der Waals surface area contributed by atoms with Crippen LogP contribution in [0.2, 0.25) is 0 Å². The van der Waals surface area contributed by atoms with Gasteiger partial charge in [0.05, 0.1) is 12.2 Å². The molecule has 0 saturated carbocycles. The summed E-state index contributed by atoms with van der Waals surface area (Å²) in [5, 5.41) is 0. The fourth-order valence-corrected chi connectivity index (χ4v) is 1.03. The smallest absolute Gasteiger partial charge is 0.0578 e. The van der Waals surface area contributed by atoms with Crippen molar-refractivity contribution < 1.29 is 4.74 Å². The van der Waals surface area contributed by atoms with Crippen molar-refractivity contribution in [2.75, 3.05) is 0 Å². The first-order valence-corrected chi connectivity index (χ1v) is 4.69. The number of rotatable bonds is 6. The molecule has 2 unspecified atom stereocenters. The van der Waals surface area contributed by atoms with Crippen LogP contribution >= 0.6 is 0 Å². The molecule has 0 aliphatic rings. The quantitative estimate of drug-likeness (QED) is 0.575. The van der Waals surface area contributed by atoms with Crippen molar-refractivity contribution in [2.45, 2.75) is 58.7 Å². The van der Waals surface area contributed by atoms with Gasteiger partial charge in [-0.15, -0.1) is 0 Å². The van der Waals surface area contributed by atoms with E-state index in [1.54, 1.807) is 0 Å². The van der Waals surface area contributed by atoms with Crippen LogP contribution in [0, 0.1) is 6.92 Å². The van der Waals surface area contributed by atoms with Gasteiger partial charge < -0.3 is 4.74 Å². The molecule has 0 saturated heterocycles. The molecule has 0 amide bonds. The van der Waals surface area contributed by atoms with Gasteiger partial charge in [-0.05, 0) is 26.2 Å². The van der Waals surface area contributed by atoms with Crippen molar-refractivity contribution in [1.82, 2.24) is 0 Å². The first-order chi connectivity index (χ1) is 5.24. The highest BCUT2D eigenvalue weighted by Crippen LogP contribution is 2.10. The van der Waals surface area contributed by atoms with E-state index in [1.165, 1.54) is 6.42 Å². The first kappa shape index (κ1) is 11.0. The van der Waals surface area contributed by atoms with Gasteiger partial charge in [-0.2, -0.15) is 0 Å². The SMILES string of the molecule is [CH2]CC(CCC)OC(C)CC. The molecule has 0 spiro atoms. The van der Waals surface area contributed by atoms with Crippen LogP contribution in [0.5, 0.6) is 0 Å². The van der Waals surface area contributed by atoms with Crippen molar-refractivity contribution in [3.05, 3.63) is 6.92 Å². The van der Waals surface area contributed by atoms with E-state index in [1.807, 2.05) is 0 Å². The number of hydrogen-bond donors (Lipinski definition) is 0. The van der Waals surface area contributed by atoms with E-state index in [0.29, 0.717) is 12.2 Å². The van der Waals surface area contributed by atoms with Crippen LogP contribution in [0.4, 0.5) is 0 Å². The third kappa shape index (κ3) is 5.25. The molecule has 0 fully saturated rings. The van der Waals surface area contributed by atoms with E-state index in [2.05, 4.69) is 27.7 Å². The Morgan fingerprint density at radius 2 is 2.00 bits per heavy atom. The summed E-state index contributed by atoms with van der Waals surface area (Å²) in [6.45, 7) is 10.3. The van der Waals surface area contributed by atoms with Crippen LogP contribution in [0.15, 0.2) is 0 Å². The molecule has 1 heteroatoms. The monoisotopic (exact) mass is 157 g/mol. The zero-order chi connectivity index (χ0) is 8.69. The molecule has 11 heavy (non-hydrogen) atoms. The van der Waals surface area contributed by atoms with Gasteiger partial charge in [-0.25, -0.2) is 0 Å². The molecule has 0 heterocycles. The van der Waals surface area contributed by atoms with E-state index in [0.717, 1.165) is 19.3 Å². The lowest BCUT2D eigenvalue weighted by molar-refractivity contribution is -0.00683. The summed E-state index contributed by atoms with van der Waals surface area (Å²) < 4.78 is 5.73. The second kappa shape index (κ2) is 6.66. The Morgan fingerprint density at radius 3 is 2.36 bits per heavy atom. The maximum Gasteiger partial charge on any atom is 0.0578 e. The minimum atomic E-state index is 0.384. The minimum absolute atomic E-state index is 0.384. The van der Waals surface area contributed by atoms with Gasteiger partial charge in [-0.3, -0.25) is 0 Å². The molecule has 0 aliphatic heterocycles. The Bertz CT molecular complexity index is 80.9. The highest BCUT2D eigenvalue weighted by molar-refractivity contribution is 4.60. The fraction of sp³-hybridized carbons (Fsp3) is 0.900. The number of hydrogen-bond acceptors (Lipinski definition) is 1. The third-order valence-electron chi connectivity index (χ3n) is 1.93. The topological polar surface area (TPSA) is 9.23 Å². The van der Waals surface area contributed by atoms with Crippen LogP contribution in [0.25, 0.3) is 0 Å². The molecule has 2 atom stereocenters. The van der Waals surface area contributed by atoms with E-state index < -0.39 is 0 Å². The first-order valence-electron chi connectivity index (χ1n) is 4.69. The Hall–Kier alpha value is -0.0400. The molecule has 0 aromatic carbocycles. The molecule has 0 aliphatic carbocycles. The second-order valence-corrected chi connectivity index (χ2v) is 3.05. The molecule has 0 rings (SSSR count). The van der Waals surface area contributed by atoms with Gasteiger partial charge in [0.25, 0.3) is 0 Å². The van der Waals surface area contributed by atoms with Gasteiger partial charge in [0.1, 0.15) is 0 Å². The third-order valence-corrected chi connectivity index (χ3v) is 1.93. The molecule has 0 N–H and O–H groups in total. The zero-order valence-electron chi connectivity index (χ0n) is 8.10. The Kier molecular flexibility index (Phi) is 6.63. The van der Waals surface area contributed by atoms with E-state index in [9.17, 15) is 0 Å². The van der Waals surface area contributed by atoms with E-state index >= 15 is 0 Å². The normalized spacial score (nSPS) is 16.4. The van der Waals surface area contributed by atoms with Crippen molar-refractivity contribution in [3.8, 4) is 0 Å².